The zero-order chi connectivity index (χ0) is 13.0. The number of rotatable bonds is 2. The summed E-state index contributed by atoms with van der Waals surface area (Å²) < 4.78 is 1.76. The number of hydrogen-bond acceptors (Lipinski definition) is 2. The Labute approximate surface area is 112 Å². The third kappa shape index (κ3) is 1.65. The van der Waals surface area contributed by atoms with Crippen LogP contribution in [0.4, 0.5) is 0 Å². The number of aromatic nitrogens is 2. The summed E-state index contributed by atoms with van der Waals surface area (Å²) in [5.74, 6) is 1.60. The quantitative estimate of drug-likeness (QED) is 0.894. The topological polar surface area (TPSA) is 38.0 Å². The van der Waals surface area contributed by atoms with Crippen molar-refractivity contribution >= 4 is 0 Å². The molecule has 0 radical (unpaired) electrons. The zero-order valence-corrected chi connectivity index (χ0v) is 11.0. The highest BCUT2D eigenvalue weighted by Gasteiger charge is 2.56. The Balaban J connectivity index is 1.63. The van der Waals surface area contributed by atoms with Crippen LogP contribution in [0.2, 0.25) is 0 Å². The minimum absolute atomic E-state index is 0.366. The molecule has 0 saturated heterocycles. The van der Waals surface area contributed by atoms with E-state index in [-0.39, 0.29) is 6.10 Å². The number of aliphatic hydroxyl groups excluding tert-OH is 1. The zero-order valence-electron chi connectivity index (χ0n) is 11.0. The van der Waals surface area contributed by atoms with Crippen molar-refractivity contribution in [3.05, 3.63) is 53.3 Å². The van der Waals surface area contributed by atoms with Crippen LogP contribution in [0, 0.1) is 11.8 Å². The summed E-state index contributed by atoms with van der Waals surface area (Å²) in [5, 5.41) is 14.7. The van der Waals surface area contributed by atoms with Gasteiger partial charge in [-0.3, -0.25) is 4.68 Å². The second kappa shape index (κ2) is 3.94. The molecule has 2 aliphatic rings. The van der Waals surface area contributed by atoms with Crippen LogP contribution in [0.1, 0.15) is 35.1 Å². The first-order chi connectivity index (χ1) is 9.25. The monoisotopic (exact) mass is 254 g/mol. The fourth-order valence-electron chi connectivity index (χ4n) is 3.87. The van der Waals surface area contributed by atoms with Gasteiger partial charge in [0.05, 0.1) is 12.3 Å². The number of aryl methyl sites for hydroxylation is 2. The molecule has 0 spiro atoms. The second-order valence-electron chi connectivity index (χ2n) is 5.90. The van der Waals surface area contributed by atoms with Gasteiger partial charge in [-0.15, -0.1) is 0 Å². The molecule has 1 saturated carbocycles. The van der Waals surface area contributed by atoms with E-state index in [1.54, 1.807) is 10.9 Å². The summed E-state index contributed by atoms with van der Waals surface area (Å²) in [6.45, 7) is 0. The summed E-state index contributed by atoms with van der Waals surface area (Å²) in [5.41, 5.74) is 3.90. The minimum Gasteiger partial charge on any atom is -0.388 e. The molecule has 0 aliphatic heterocycles. The summed E-state index contributed by atoms with van der Waals surface area (Å²) in [6.07, 6.45) is 5.73. The SMILES string of the molecule is Cn1cc(C(O)C2C3CCc4ccccc4C32)cn1. The van der Waals surface area contributed by atoms with Crippen LogP contribution in [0.15, 0.2) is 36.7 Å². The Kier molecular flexibility index (Phi) is 2.33. The van der Waals surface area contributed by atoms with Gasteiger partial charge < -0.3 is 5.11 Å². The lowest BCUT2D eigenvalue weighted by molar-refractivity contribution is 0.145. The molecule has 4 unspecified atom stereocenters. The third-order valence-electron chi connectivity index (χ3n) is 4.82. The van der Waals surface area contributed by atoms with E-state index in [1.165, 1.54) is 17.5 Å². The average molecular weight is 254 g/mol. The van der Waals surface area contributed by atoms with E-state index < -0.39 is 0 Å². The number of benzene rings is 1. The van der Waals surface area contributed by atoms with Crippen molar-refractivity contribution in [2.75, 3.05) is 0 Å². The first kappa shape index (κ1) is 11.2. The maximum atomic E-state index is 10.6. The first-order valence-electron chi connectivity index (χ1n) is 7.00. The van der Waals surface area contributed by atoms with Crippen LogP contribution in [0.25, 0.3) is 0 Å². The molecule has 2 aromatic rings. The van der Waals surface area contributed by atoms with Crippen molar-refractivity contribution in [1.82, 2.24) is 9.78 Å². The molecule has 98 valence electrons. The van der Waals surface area contributed by atoms with Crippen LogP contribution >= 0.6 is 0 Å². The molecule has 1 N–H and O–H groups in total. The van der Waals surface area contributed by atoms with Crippen LogP contribution < -0.4 is 0 Å². The van der Waals surface area contributed by atoms with E-state index in [4.69, 9.17) is 0 Å². The van der Waals surface area contributed by atoms with Gasteiger partial charge in [0.2, 0.25) is 0 Å². The highest BCUT2D eigenvalue weighted by atomic mass is 16.3. The van der Waals surface area contributed by atoms with Gasteiger partial charge in [-0.25, -0.2) is 0 Å². The van der Waals surface area contributed by atoms with Crippen molar-refractivity contribution in [3.63, 3.8) is 0 Å². The van der Waals surface area contributed by atoms with Gasteiger partial charge >= 0.3 is 0 Å². The normalized spacial score (nSPS) is 29.5. The van der Waals surface area contributed by atoms with E-state index in [0.717, 1.165) is 12.0 Å². The lowest BCUT2D eigenvalue weighted by atomic mass is 9.92. The van der Waals surface area contributed by atoms with Crippen molar-refractivity contribution in [2.45, 2.75) is 24.9 Å². The maximum Gasteiger partial charge on any atom is 0.0857 e. The van der Waals surface area contributed by atoms with Crippen molar-refractivity contribution in [2.24, 2.45) is 18.9 Å². The van der Waals surface area contributed by atoms with Gasteiger partial charge in [-0.05, 0) is 41.7 Å². The van der Waals surface area contributed by atoms with Crippen LogP contribution in [0.3, 0.4) is 0 Å². The van der Waals surface area contributed by atoms with Gasteiger partial charge in [-0.1, -0.05) is 24.3 Å². The molecule has 3 nitrogen and oxygen atoms in total. The molecule has 1 heterocycles. The van der Waals surface area contributed by atoms with Crippen LogP contribution in [-0.4, -0.2) is 14.9 Å². The largest absolute Gasteiger partial charge is 0.388 e. The van der Waals surface area contributed by atoms with Gasteiger partial charge in [0, 0.05) is 18.8 Å². The summed E-state index contributed by atoms with van der Waals surface area (Å²) in [4.78, 5) is 0. The van der Waals surface area contributed by atoms with E-state index in [9.17, 15) is 5.11 Å². The molecule has 2 aliphatic carbocycles. The third-order valence-corrected chi connectivity index (χ3v) is 4.82. The number of hydrogen-bond donors (Lipinski definition) is 1. The molecule has 0 bridgehead atoms. The Morgan fingerprint density at radius 3 is 3.00 bits per heavy atom. The van der Waals surface area contributed by atoms with Crippen molar-refractivity contribution in [3.8, 4) is 0 Å². The summed E-state index contributed by atoms with van der Waals surface area (Å²) in [6, 6.07) is 8.71. The maximum absolute atomic E-state index is 10.6. The predicted molar refractivity (Wildman–Crippen MR) is 72.7 cm³/mol. The van der Waals surface area contributed by atoms with Gasteiger partial charge in [0.15, 0.2) is 0 Å². The number of nitrogens with zero attached hydrogens (tertiary/aromatic N) is 2. The first-order valence-corrected chi connectivity index (χ1v) is 7.00. The van der Waals surface area contributed by atoms with Crippen molar-refractivity contribution in [1.29, 1.82) is 0 Å². The fraction of sp³-hybridized carbons (Fsp3) is 0.438. The Hall–Kier alpha value is -1.61. The molecule has 1 aromatic carbocycles. The molecule has 4 rings (SSSR count). The van der Waals surface area contributed by atoms with E-state index in [2.05, 4.69) is 29.4 Å². The minimum atomic E-state index is -0.366. The standard InChI is InChI=1S/C16H18N2O/c1-18-9-11(8-17-18)16(19)15-13-7-6-10-4-2-3-5-12(10)14(13)15/h2-5,8-9,13-16,19H,6-7H2,1H3. The van der Waals surface area contributed by atoms with E-state index >= 15 is 0 Å². The summed E-state index contributed by atoms with van der Waals surface area (Å²) in [7, 11) is 1.89. The predicted octanol–water partition coefficient (Wildman–Crippen LogP) is 2.43. The molecule has 1 fully saturated rings. The Bertz CT molecular complexity index is 619. The van der Waals surface area contributed by atoms with Crippen molar-refractivity contribution < 1.29 is 5.11 Å². The van der Waals surface area contributed by atoms with Gasteiger partial charge in [0.25, 0.3) is 0 Å². The Morgan fingerprint density at radius 2 is 2.21 bits per heavy atom. The average Bonchev–Trinajstić information content (AvgIpc) is 3.03. The van der Waals surface area contributed by atoms with Crippen LogP contribution in [0.5, 0.6) is 0 Å². The number of aliphatic hydroxyl groups is 1. The smallest absolute Gasteiger partial charge is 0.0857 e. The number of fused-ring (bicyclic) bond motifs is 3. The van der Waals surface area contributed by atoms with E-state index in [1.807, 2.05) is 13.2 Å². The highest BCUT2D eigenvalue weighted by molar-refractivity contribution is 5.40. The fourth-order valence-corrected chi connectivity index (χ4v) is 3.87. The lowest BCUT2D eigenvalue weighted by Gasteiger charge is -2.13. The molecular weight excluding hydrogens is 236 g/mol. The molecule has 1 aromatic heterocycles. The second-order valence-corrected chi connectivity index (χ2v) is 5.90. The molecule has 4 atom stereocenters. The molecule has 0 amide bonds. The van der Waals surface area contributed by atoms with E-state index in [0.29, 0.717) is 17.8 Å². The molecular formula is C16H18N2O. The van der Waals surface area contributed by atoms with Crippen LogP contribution in [-0.2, 0) is 13.5 Å². The summed E-state index contributed by atoms with van der Waals surface area (Å²) >= 11 is 0. The molecule has 19 heavy (non-hydrogen) atoms. The van der Waals surface area contributed by atoms with Gasteiger partial charge in [-0.2, -0.15) is 5.10 Å². The highest BCUT2D eigenvalue weighted by Crippen LogP contribution is 2.64. The molecule has 3 heteroatoms. The Morgan fingerprint density at radius 1 is 1.37 bits per heavy atom. The van der Waals surface area contributed by atoms with Gasteiger partial charge in [0.1, 0.15) is 0 Å². The lowest BCUT2D eigenvalue weighted by Crippen LogP contribution is -2.01.